The van der Waals surface area contributed by atoms with E-state index in [9.17, 15) is 4.79 Å². The molecule has 154 valence electrons. The third kappa shape index (κ3) is 4.94. The topological polar surface area (TPSA) is 46.5 Å². The molecule has 0 spiro atoms. The molecule has 0 bridgehead atoms. The van der Waals surface area contributed by atoms with Crippen LogP contribution in [0.1, 0.15) is 77.0 Å². The lowest BCUT2D eigenvalue weighted by Crippen LogP contribution is -2.11. The SMILES string of the molecule is CCOC[C@H]1[C@H](/C=C/C(C)=C/C(=O)O)[C@@]1(C)c1cc(C(C)C)cc(C(C)C)c1. The van der Waals surface area contributed by atoms with Gasteiger partial charge in [-0.3, -0.25) is 0 Å². The summed E-state index contributed by atoms with van der Waals surface area (Å²) in [6, 6.07) is 7.07. The molecular weight excluding hydrogens is 348 g/mol. The van der Waals surface area contributed by atoms with E-state index < -0.39 is 5.97 Å². The summed E-state index contributed by atoms with van der Waals surface area (Å²) in [7, 11) is 0. The molecule has 0 aliphatic heterocycles. The van der Waals surface area contributed by atoms with E-state index in [1.807, 2.05) is 19.9 Å². The van der Waals surface area contributed by atoms with E-state index in [-0.39, 0.29) is 5.41 Å². The Morgan fingerprint density at radius 3 is 2.21 bits per heavy atom. The monoisotopic (exact) mass is 384 g/mol. The molecule has 3 nitrogen and oxygen atoms in total. The van der Waals surface area contributed by atoms with Crippen LogP contribution in [0.4, 0.5) is 0 Å². The largest absolute Gasteiger partial charge is 0.478 e. The van der Waals surface area contributed by atoms with Crippen LogP contribution in [0.25, 0.3) is 0 Å². The van der Waals surface area contributed by atoms with Crippen molar-refractivity contribution in [1.29, 1.82) is 0 Å². The van der Waals surface area contributed by atoms with Crippen LogP contribution < -0.4 is 0 Å². The van der Waals surface area contributed by atoms with Crippen molar-refractivity contribution in [2.75, 3.05) is 13.2 Å². The number of aliphatic carboxylic acids is 1. The number of carbonyl (C=O) groups is 1. The molecule has 0 amide bonds. The van der Waals surface area contributed by atoms with Crippen LogP contribution in [-0.4, -0.2) is 24.3 Å². The quantitative estimate of drug-likeness (QED) is 0.416. The van der Waals surface area contributed by atoms with Gasteiger partial charge in [0.15, 0.2) is 0 Å². The molecular formula is C25H36O3. The number of benzene rings is 1. The number of carboxylic acids is 1. The minimum Gasteiger partial charge on any atom is -0.478 e. The first-order valence-electron chi connectivity index (χ1n) is 10.4. The summed E-state index contributed by atoms with van der Waals surface area (Å²) in [5, 5.41) is 8.95. The molecule has 0 saturated heterocycles. The number of hydrogen-bond donors (Lipinski definition) is 1. The number of ether oxygens (including phenoxy) is 1. The maximum absolute atomic E-state index is 10.9. The fourth-order valence-corrected chi connectivity index (χ4v) is 4.05. The molecule has 1 N–H and O–H groups in total. The van der Waals surface area contributed by atoms with E-state index in [0.29, 0.717) is 30.3 Å². The van der Waals surface area contributed by atoms with Crippen molar-refractivity contribution < 1.29 is 14.6 Å². The van der Waals surface area contributed by atoms with Crippen molar-refractivity contribution in [2.24, 2.45) is 11.8 Å². The van der Waals surface area contributed by atoms with Crippen LogP contribution in [0.3, 0.4) is 0 Å². The molecule has 3 heteroatoms. The molecule has 1 aliphatic rings. The minimum atomic E-state index is -0.905. The third-order valence-electron chi connectivity index (χ3n) is 6.14. The molecule has 1 aromatic rings. The first-order valence-corrected chi connectivity index (χ1v) is 10.4. The lowest BCUT2D eigenvalue weighted by Gasteiger charge is -2.19. The summed E-state index contributed by atoms with van der Waals surface area (Å²) in [4.78, 5) is 10.9. The van der Waals surface area contributed by atoms with Crippen molar-refractivity contribution in [1.82, 2.24) is 0 Å². The highest BCUT2D eigenvalue weighted by Gasteiger charge is 2.60. The highest BCUT2D eigenvalue weighted by atomic mass is 16.5. The maximum Gasteiger partial charge on any atom is 0.328 e. The molecule has 2 rings (SSSR count). The van der Waals surface area contributed by atoms with Gasteiger partial charge in [-0.15, -0.1) is 0 Å². The fourth-order valence-electron chi connectivity index (χ4n) is 4.05. The van der Waals surface area contributed by atoms with E-state index in [4.69, 9.17) is 9.84 Å². The normalized spacial score (nSPS) is 25.1. The summed E-state index contributed by atoms with van der Waals surface area (Å²) < 4.78 is 5.79. The molecule has 0 unspecified atom stereocenters. The second-order valence-corrected chi connectivity index (χ2v) is 8.86. The van der Waals surface area contributed by atoms with Gasteiger partial charge in [-0.2, -0.15) is 0 Å². The zero-order valence-electron chi connectivity index (χ0n) is 18.5. The van der Waals surface area contributed by atoms with Gasteiger partial charge in [-0.1, -0.05) is 65.0 Å². The van der Waals surface area contributed by atoms with E-state index in [2.05, 4.69) is 58.9 Å². The summed E-state index contributed by atoms with van der Waals surface area (Å²) in [5.74, 6) is 0.819. The Hall–Kier alpha value is -1.87. The van der Waals surface area contributed by atoms with Gasteiger partial charge in [0.2, 0.25) is 0 Å². The van der Waals surface area contributed by atoms with Gasteiger partial charge in [-0.05, 0) is 59.8 Å². The predicted octanol–water partition coefficient (Wildman–Crippen LogP) is 6.06. The average Bonchev–Trinajstić information content (AvgIpc) is 3.21. The Balaban J connectivity index is 2.41. The van der Waals surface area contributed by atoms with Gasteiger partial charge in [-0.25, -0.2) is 4.79 Å². The Kier molecular flexibility index (Phi) is 7.28. The summed E-state index contributed by atoms with van der Waals surface area (Å²) in [6.45, 7) is 16.6. The molecule has 1 aromatic carbocycles. The second-order valence-electron chi connectivity index (χ2n) is 8.86. The minimum absolute atomic E-state index is 0.0176. The highest BCUT2D eigenvalue weighted by molar-refractivity contribution is 5.81. The van der Waals surface area contributed by atoms with E-state index in [0.717, 1.165) is 12.2 Å². The van der Waals surface area contributed by atoms with Gasteiger partial charge < -0.3 is 9.84 Å². The van der Waals surface area contributed by atoms with Crippen molar-refractivity contribution in [3.8, 4) is 0 Å². The standard InChI is InChI=1S/C25H36O3/c1-8-28-15-23-22(10-9-18(6)11-24(26)27)25(23,7)21-13-19(16(2)3)12-20(14-21)17(4)5/h9-14,16-17,22-23H,8,15H2,1-7H3,(H,26,27)/b10-9+,18-11+/t22-,23-,25+/m0/s1. The molecule has 1 fully saturated rings. The van der Waals surface area contributed by atoms with Gasteiger partial charge >= 0.3 is 5.97 Å². The average molecular weight is 385 g/mol. The Morgan fingerprint density at radius 2 is 1.75 bits per heavy atom. The predicted molar refractivity (Wildman–Crippen MR) is 116 cm³/mol. The first-order chi connectivity index (χ1) is 13.1. The number of allylic oxidation sites excluding steroid dienone is 3. The van der Waals surface area contributed by atoms with Crippen LogP contribution in [0, 0.1) is 11.8 Å². The van der Waals surface area contributed by atoms with Crippen LogP contribution >= 0.6 is 0 Å². The summed E-state index contributed by atoms with van der Waals surface area (Å²) in [5.41, 5.74) is 4.92. The van der Waals surface area contributed by atoms with Crippen LogP contribution in [0.2, 0.25) is 0 Å². The maximum atomic E-state index is 10.9. The number of hydrogen-bond acceptors (Lipinski definition) is 2. The van der Waals surface area contributed by atoms with Gasteiger partial charge in [0.1, 0.15) is 0 Å². The van der Waals surface area contributed by atoms with Gasteiger partial charge in [0.05, 0.1) is 6.61 Å². The number of carboxylic acid groups (broad SMARTS) is 1. The zero-order chi connectivity index (χ0) is 21.1. The van der Waals surface area contributed by atoms with Gasteiger partial charge in [0, 0.05) is 18.1 Å². The zero-order valence-corrected chi connectivity index (χ0v) is 18.5. The molecule has 1 saturated carbocycles. The van der Waals surface area contributed by atoms with Crippen LogP contribution in [0.15, 0.2) is 42.0 Å². The lowest BCUT2D eigenvalue weighted by molar-refractivity contribution is -0.131. The number of rotatable bonds is 9. The van der Waals surface area contributed by atoms with Crippen molar-refractivity contribution in [3.63, 3.8) is 0 Å². The molecule has 3 atom stereocenters. The van der Waals surface area contributed by atoms with E-state index in [1.165, 1.54) is 22.8 Å². The summed E-state index contributed by atoms with van der Waals surface area (Å²) in [6.07, 6.45) is 5.37. The van der Waals surface area contributed by atoms with Crippen molar-refractivity contribution >= 4 is 5.97 Å². The van der Waals surface area contributed by atoms with Gasteiger partial charge in [0.25, 0.3) is 0 Å². The highest BCUT2D eigenvalue weighted by Crippen LogP contribution is 2.61. The van der Waals surface area contributed by atoms with Crippen molar-refractivity contribution in [3.05, 3.63) is 58.7 Å². The van der Waals surface area contributed by atoms with E-state index in [1.54, 1.807) is 0 Å². The lowest BCUT2D eigenvalue weighted by atomic mass is 9.86. The Morgan fingerprint density at radius 1 is 1.18 bits per heavy atom. The van der Waals surface area contributed by atoms with Crippen LogP contribution in [0.5, 0.6) is 0 Å². The fraction of sp³-hybridized carbons (Fsp3) is 0.560. The first kappa shape index (κ1) is 22.4. The molecule has 28 heavy (non-hydrogen) atoms. The summed E-state index contributed by atoms with van der Waals surface area (Å²) >= 11 is 0. The smallest absolute Gasteiger partial charge is 0.328 e. The Labute approximate surface area is 170 Å². The molecule has 0 radical (unpaired) electrons. The van der Waals surface area contributed by atoms with Crippen molar-refractivity contribution in [2.45, 2.75) is 65.7 Å². The molecule has 0 heterocycles. The van der Waals surface area contributed by atoms with E-state index >= 15 is 0 Å². The second kappa shape index (κ2) is 9.09. The Bertz CT molecular complexity index is 731. The van der Waals surface area contributed by atoms with Crippen LogP contribution in [-0.2, 0) is 14.9 Å². The molecule has 0 aromatic heterocycles. The molecule has 1 aliphatic carbocycles. The third-order valence-corrected chi connectivity index (χ3v) is 6.14.